The minimum Gasteiger partial charge on any atom is -0.350 e. The monoisotopic (exact) mass is 356 g/mol. The van der Waals surface area contributed by atoms with Gasteiger partial charge in [-0.05, 0) is 36.8 Å². The van der Waals surface area contributed by atoms with Crippen molar-refractivity contribution in [2.75, 3.05) is 6.54 Å². The quantitative estimate of drug-likeness (QED) is 0.836. The van der Waals surface area contributed by atoms with E-state index in [1.807, 2.05) is 19.1 Å². The van der Waals surface area contributed by atoms with Crippen LogP contribution in [0.1, 0.15) is 45.7 Å². The number of amides is 3. The number of hydrogen-bond donors (Lipinski definition) is 1. The standard InChI is InChI=1S/C19H17ClN2O3/c1-12(13-5-4-6-14(20)11-13)21-17(23)9-10-22-18(24)15-7-2-3-8-16(15)19(22)25/h2-8,11-12H,9-10H2,1H3,(H,21,23). The highest BCUT2D eigenvalue weighted by atomic mass is 35.5. The molecule has 0 saturated heterocycles. The lowest BCUT2D eigenvalue weighted by Crippen LogP contribution is -2.35. The number of fused-ring (bicyclic) bond motifs is 1. The van der Waals surface area contributed by atoms with Crippen LogP contribution in [0, 0.1) is 0 Å². The summed E-state index contributed by atoms with van der Waals surface area (Å²) in [5, 5.41) is 3.45. The van der Waals surface area contributed by atoms with Crippen LogP contribution in [0.4, 0.5) is 0 Å². The van der Waals surface area contributed by atoms with E-state index in [1.54, 1.807) is 36.4 Å². The first-order chi connectivity index (χ1) is 12.0. The van der Waals surface area contributed by atoms with E-state index in [2.05, 4.69) is 5.32 Å². The van der Waals surface area contributed by atoms with E-state index in [0.717, 1.165) is 10.5 Å². The van der Waals surface area contributed by atoms with E-state index in [-0.39, 0.29) is 36.7 Å². The predicted molar refractivity (Wildman–Crippen MR) is 94.4 cm³/mol. The Morgan fingerprint density at radius 3 is 2.32 bits per heavy atom. The summed E-state index contributed by atoms with van der Waals surface area (Å²) in [7, 11) is 0. The van der Waals surface area contributed by atoms with Crippen LogP contribution >= 0.6 is 11.6 Å². The third-order valence-corrected chi connectivity index (χ3v) is 4.40. The summed E-state index contributed by atoms with van der Waals surface area (Å²) in [6.07, 6.45) is 0.0520. The van der Waals surface area contributed by atoms with Gasteiger partial charge in [0.25, 0.3) is 11.8 Å². The van der Waals surface area contributed by atoms with Crippen molar-refractivity contribution in [1.82, 2.24) is 10.2 Å². The van der Waals surface area contributed by atoms with Gasteiger partial charge in [0.2, 0.25) is 5.91 Å². The molecule has 1 unspecified atom stereocenters. The second-order valence-electron chi connectivity index (χ2n) is 5.90. The van der Waals surface area contributed by atoms with Gasteiger partial charge in [0.05, 0.1) is 17.2 Å². The molecule has 0 aliphatic carbocycles. The van der Waals surface area contributed by atoms with Gasteiger partial charge in [-0.25, -0.2) is 0 Å². The number of carbonyl (C=O) groups excluding carboxylic acids is 3. The van der Waals surface area contributed by atoms with Crippen LogP contribution in [0.25, 0.3) is 0 Å². The normalized spacial score (nSPS) is 14.4. The highest BCUT2D eigenvalue weighted by Crippen LogP contribution is 2.22. The summed E-state index contributed by atoms with van der Waals surface area (Å²) >= 11 is 5.95. The van der Waals surface area contributed by atoms with Gasteiger partial charge in [-0.2, -0.15) is 0 Å². The smallest absolute Gasteiger partial charge is 0.261 e. The predicted octanol–water partition coefficient (Wildman–Crippen LogP) is 3.20. The average Bonchev–Trinajstić information content (AvgIpc) is 2.84. The molecule has 0 fully saturated rings. The zero-order valence-electron chi connectivity index (χ0n) is 13.7. The van der Waals surface area contributed by atoms with E-state index < -0.39 is 0 Å². The molecule has 0 aromatic heterocycles. The Balaban J connectivity index is 1.58. The van der Waals surface area contributed by atoms with Gasteiger partial charge in [0.1, 0.15) is 0 Å². The molecule has 1 aliphatic rings. The maximum atomic E-state index is 12.3. The van der Waals surface area contributed by atoms with Crippen molar-refractivity contribution in [3.05, 3.63) is 70.2 Å². The highest BCUT2D eigenvalue weighted by molar-refractivity contribution is 6.30. The van der Waals surface area contributed by atoms with Crippen LogP contribution < -0.4 is 5.32 Å². The first kappa shape index (κ1) is 17.2. The lowest BCUT2D eigenvalue weighted by molar-refractivity contribution is -0.121. The van der Waals surface area contributed by atoms with Gasteiger partial charge >= 0.3 is 0 Å². The minimum absolute atomic E-state index is 0.0520. The minimum atomic E-state index is -0.351. The first-order valence-corrected chi connectivity index (χ1v) is 8.35. The molecular weight excluding hydrogens is 340 g/mol. The average molecular weight is 357 g/mol. The third kappa shape index (κ3) is 3.56. The van der Waals surface area contributed by atoms with Crippen molar-refractivity contribution in [3.8, 4) is 0 Å². The maximum Gasteiger partial charge on any atom is 0.261 e. The molecule has 128 valence electrons. The summed E-state index contributed by atoms with van der Waals surface area (Å²) in [6.45, 7) is 1.91. The lowest BCUT2D eigenvalue weighted by atomic mass is 10.1. The summed E-state index contributed by atoms with van der Waals surface area (Å²) in [5.41, 5.74) is 1.67. The Hall–Kier alpha value is -2.66. The Bertz CT molecular complexity index is 815. The van der Waals surface area contributed by atoms with Gasteiger partial charge < -0.3 is 5.32 Å². The fourth-order valence-electron chi connectivity index (χ4n) is 2.83. The maximum absolute atomic E-state index is 12.3. The number of hydrogen-bond acceptors (Lipinski definition) is 3. The zero-order chi connectivity index (χ0) is 18.0. The number of rotatable bonds is 5. The van der Waals surface area contributed by atoms with Gasteiger partial charge in [0.15, 0.2) is 0 Å². The summed E-state index contributed by atoms with van der Waals surface area (Å²) in [4.78, 5) is 37.8. The third-order valence-electron chi connectivity index (χ3n) is 4.17. The van der Waals surface area contributed by atoms with Gasteiger partial charge in [-0.1, -0.05) is 35.9 Å². The number of carbonyl (C=O) groups is 3. The Morgan fingerprint density at radius 2 is 1.72 bits per heavy atom. The Morgan fingerprint density at radius 1 is 1.08 bits per heavy atom. The van der Waals surface area contributed by atoms with Gasteiger partial charge in [-0.3, -0.25) is 19.3 Å². The molecule has 2 aromatic rings. The molecule has 0 spiro atoms. The summed E-state index contributed by atoms with van der Waals surface area (Å²) < 4.78 is 0. The van der Waals surface area contributed by atoms with E-state index in [1.165, 1.54) is 0 Å². The van der Waals surface area contributed by atoms with Crippen molar-refractivity contribution in [2.45, 2.75) is 19.4 Å². The molecule has 1 N–H and O–H groups in total. The second kappa shape index (κ2) is 7.07. The SMILES string of the molecule is CC(NC(=O)CCN1C(=O)c2ccccc2C1=O)c1cccc(Cl)c1. The molecule has 5 nitrogen and oxygen atoms in total. The van der Waals surface area contributed by atoms with Crippen LogP contribution in [-0.2, 0) is 4.79 Å². The van der Waals surface area contributed by atoms with Crippen LogP contribution in [0.15, 0.2) is 48.5 Å². The molecule has 0 radical (unpaired) electrons. The summed E-state index contributed by atoms with van der Waals surface area (Å²) in [6, 6.07) is 13.7. The van der Waals surface area contributed by atoms with E-state index in [4.69, 9.17) is 11.6 Å². The molecule has 1 atom stereocenters. The molecule has 3 amide bonds. The molecule has 3 rings (SSSR count). The number of nitrogens with one attached hydrogen (secondary N) is 1. The topological polar surface area (TPSA) is 66.5 Å². The van der Waals surface area contributed by atoms with E-state index in [0.29, 0.717) is 16.1 Å². The van der Waals surface area contributed by atoms with Gasteiger partial charge in [-0.15, -0.1) is 0 Å². The van der Waals surface area contributed by atoms with E-state index >= 15 is 0 Å². The molecule has 2 aromatic carbocycles. The molecule has 6 heteroatoms. The molecular formula is C19H17ClN2O3. The van der Waals surface area contributed by atoms with Gasteiger partial charge in [0, 0.05) is 18.0 Å². The van der Waals surface area contributed by atoms with Crippen molar-refractivity contribution < 1.29 is 14.4 Å². The van der Waals surface area contributed by atoms with E-state index in [9.17, 15) is 14.4 Å². The first-order valence-electron chi connectivity index (χ1n) is 7.97. The van der Waals surface area contributed by atoms with Crippen LogP contribution in [0.2, 0.25) is 5.02 Å². The van der Waals surface area contributed by atoms with Crippen molar-refractivity contribution >= 4 is 29.3 Å². The van der Waals surface area contributed by atoms with Crippen LogP contribution in [0.3, 0.4) is 0 Å². The van der Waals surface area contributed by atoms with Crippen LogP contribution in [0.5, 0.6) is 0 Å². The second-order valence-corrected chi connectivity index (χ2v) is 6.34. The molecule has 1 aliphatic heterocycles. The Kier molecular flexibility index (Phi) is 4.86. The van der Waals surface area contributed by atoms with Crippen molar-refractivity contribution in [2.24, 2.45) is 0 Å². The van der Waals surface area contributed by atoms with Crippen molar-refractivity contribution in [3.63, 3.8) is 0 Å². The largest absolute Gasteiger partial charge is 0.350 e. The van der Waals surface area contributed by atoms with Crippen LogP contribution in [-0.4, -0.2) is 29.2 Å². The fourth-order valence-corrected chi connectivity index (χ4v) is 3.03. The zero-order valence-corrected chi connectivity index (χ0v) is 14.4. The Labute approximate surface area is 150 Å². The number of halogens is 1. The molecule has 1 heterocycles. The number of benzene rings is 2. The highest BCUT2D eigenvalue weighted by Gasteiger charge is 2.34. The summed E-state index contributed by atoms with van der Waals surface area (Å²) in [5.74, 6) is -0.934. The fraction of sp³-hybridized carbons (Fsp3) is 0.211. The number of nitrogens with zero attached hydrogens (tertiary/aromatic N) is 1. The molecule has 25 heavy (non-hydrogen) atoms. The number of imide groups is 1. The molecule has 0 bridgehead atoms. The van der Waals surface area contributed by atoms with Crippen molar-refractivity contribution in [1.29, 1.82) is 0 Å². The lowest BCUT2D eigenvalue weighted by Gasteiger charge is -2.17. The molecule has 0 saturated carbocycles.